The Hall–Kier alpha value is -0.870. The third-order valence-corrected chi connectivity index (χ3v) is 5.16. The Balaban J connectivity index is 2.77. The molecule has 0 N–H and O–H groups in total. The van der Waals surface area contributed by atoms with Crippen LogP contribution >= 0.6 is 15.9 Å². The van der Waals surface area contributed by atoms with Gasteiger partial charge in [-0.15, -0.1) is 0 Å². The van der Waals surface area contributed by atoms with Gasteiger partial charge in [-0.1, -0.05) is 6.58 Å². The molecule has 0 saturated heterocycles. The maximum Gasteiger partial charge on any atom is 0.166 e. The van der Waals surface area contributed by atoms with Crippen LogP contribution in [0.3, 0.4) is 0 Å². The third kappa shape index (κ3) is 4.32. The van der Waals surface area contributed by atoms with Crippen LogP contribution in [0.2, 0.25) is 0 Å². The van der Waals surface area contributed by atoms with Crippen molar-refractivity contribution in [3.05, 3.63) is 28.0 Å². The van der Waals surface area contributed by atoms with Gasteiger partial charge in [-0.25, -0.2) is 0 Å². The van der Waals surface area contributed by atoms with Crippen molar-refractivity contribution in [2.24, 2.45) is 7.05 Å². The second-order valence-corrected chi connectivity index (χ2v) is 7.83. The summed E-state index contributed by atoms with van der Waals surface area (Å²) in [5.41, 5.74) is 4.05. The number of allylic oxidation sites excluding steroid dienone is 1. The fraction of sp³-hybridized carbons (Fsp3) is 0.611. The second kappa shape index (κ2) is 7.60. The predicted molar refractivity (Wildman–Crippen MR) is 98.5 cm³/mol. The largest absolute Gasteiger partial charge is 0.341 e. The van der Waals surface area contributed by atoms with Crippen LogP contribution in [0.1, 0.15) is 62.3 Å². The average Bonchev–Trinajstić information content (AvgIpc) is 2.63. The zero-order chi connectivity index (χ0) is 17.1. The molecule has 1 heterocycles. The number of aromatic nitrogens is 1. The van der Waals surface area contributed by atoms with Crippen molar-refractivity contribution in [3.63, 3.8) is 0 Å². The molecule has 3 nitrogen and oxygen atoms in total. The first-order valence-corrected chi connectivity index (χ1v) is 8.59. The van der Waals surface area contributed by atoms with Gasteiger partial charge in [0, 0.05) is 17.1 Å². The molecule has 0 radical (unpaired) electrons. The standard InChI is InChI=1S/C18H29BrN2O/c1-13(2)17-16(19)14(15(12-22)21(17)7)10-8-9-11-20(6)18(3,4)5/h12H,1,8-11H2,2-7H3. The summed E-state index contributed by atoms with van der Waals surface area (Å²) in [6.45, 7) is 13.7. The molecule has 1 aromatic heterocycles. The van der Waals surface area contributed by atoms with E-state index in [9.17, 15) is 4.79 Å². The Morgan fingerprint density at radius 1 is 1.36 bits per heavy atom. The summed E-state index contributed by atoms with van der Waals surface area (Å²) < 4.78 is 2.96. The fourth-order valence-electron chi connectivity index (χ4n) is 2.57. The highest BCUT2D eigenvalue weighted by atomic mass is 79.9. The molecule has 0 unspecified atom stereocenters. The van der Waals surface area contributed by atoms with Gasteiger partial charge in [-0.2, -0.15) is 0 Å². The van der Waals surface area contributed by atoms with E-state index in [-0.39, 0.29) is 5.54 Å². The predicted octanol–water partition coefficient (Wildman–Crippen LogP) is 4.69. The molecule has 0 spiro atoms. The molecular weight excluding hydrogens is 340 g/mol. The number of halogens is 1. The van der Waals surface area contributed by atoms with Crippen molar-refractivity contribution in [2.75, 3.05) is 13.6 Å². The summed E-state index contributed by atoms with van der Waals surface area (Å²) in [7, 11) is 4.09. The maximum atomic E-state index is 11.4. The van der Waals surface area contributed by atoms with E-state index in [1.54, 1.807) is 0 Å². The van der Waals surface area contributed by atoms with Gasteiger partial charge in [0.05, 0.1) is 11.4 Å². The fourth-order valence-corrected chi connectivity index (χ4v) is 3.58. The summed E-state index contributed by atoms with van der Waals surface area (Å²) >= 11 is 3.66. The van der Waals surface area contributed by atoms with Crippen molar-refractivity contribution in [3.8, 4) is 0 Å². The smallest absolute Gasteiger partial charge is 0.166 e. The molecule has 22 heavy (non-hydrogen) atoms. The minimum atomic E-state index is 0.203. The van der Waals surface area contributed by atoms with Gasteiger partial charge in [-0.3, -0.25) is 4.79 Å². The first-order chi connectivity index (χ1) is 10.1. The molecule has 0 amide bonds. The summed E-state index contributed by atoms with van der Waals surface area (Å²) in [6, 6.07) is 0. The van der Waals surface area contributed by atoms with Crippen molar-refractivity contribution >= 4 is 27.8 Å². The van der Waals surface area contributed by atoms with Crippen LogP contribution in [-0.2, 0) is 13.5 Å². The lowest BCUT2D eigenvalue weighted by Crippen LogP contribution is -2.38. The van der Waals surface area contributed by atoms with Crippen LogP contribution in [0, 0.1) is 0 Å². The first kappa shape index (κ1) is 19.2. The molecule has 0 bridgehead atoms. The molecule has 1 rings (SSSR count). The number of rotatable bonds is 7. The van der Waals surface area contributed by atoms with Gasteiger partial charge in [0.2, 0.25) is 0 Å². The van der Waals surface area contributed by atoms with Crippen LogP contribution in [0.25, 0.3) is 5.57 Å². The Morgan fingerprint density at radius 2 is 1.95 bits per heavy atom. The number of aldehydes is 1. The molecule has 1 aromatic rings. The highest BCUT2D eigenvalue weighted by Crippen LogP contribution is 2.32. The van der Waals surface area contributed by atoms with E-state index >= 15 is 0 Å². The van der Waals surface area contributed by atoms with E-state index in [4.69, 9.17) is 0 Å². The lowest BCUT2D eigenvalue weighted by atomic mass is 10.0. The SMILES string of the molecule is C=C(C)c1c(Br)c(CCCCN(C)C(C)(C)C)c(C=O)n1C. The van der Waals surface area contributed by atoms with E-state index in [0.29, 0.717) is 0 Å². The van der Waals surface area contributed by atoms with Gasteiger partial charge >= 0.3 is 0 Å². The molecule has 0 aliphatic heterocycles. The molecule has 0 fully saturated rings. The van der Waals surface area contributed by atoms with Crippen LogP contribution in [-0.4, -0.2) is 34.9 Å². The molecule has 0 atom stereocenters. The zero-order valence-corrected chi connectivity index (χ0v) is 16.4. The number of carbonyl (C=O) groups is 1. The van der Waals surface area contributed by atoms with Gasteiger partial charge in [0.25, 0.3) is 0 Å². The number of hydrogen-bond donors (Lipinski definition) is 0. The zero-order valence-electron chi connectivity index (χ0n) is 14.8. The van der Waals surface area contributed by atoms with E-state index in [1.807, 2.05) is 18.5 Å². The third-order valence-electron chi connectivity index (χ3n) is 4.31. The van der Waals surface area contributed by atoms with E-state index in [1.165, 1.54) is 0 Å². The Bertz CT molecular complexity index is 552. The highest BCUT2D eigenvalue weighted by molar-refractivity contribution is 9.10. The van der Waals surface area contributed by atoms with E-state index < -0.39 is 0 Å². The number of nitrogens with zero attached hydrogens (tertiary/aromatic N) is 2. The molecule has 0 aliphatic rings. The van der Waals surface area contributed by atoms with Crippen LogP contribution in [0.15, 0.2) is 11.1 Å². The van der Waals surface area contributed by atoms with Crippen LogP contribution < -0.4 is 0 Å². The Morgan fingerprint density at radius 3 is 2.41 bits per heavy atom. The molecule has 4 heteroatoms. The van der Waals surface area contributed by atoms with Crippen molar-refractivity contribution < 1.29 is 4.79 Å². The lowest BCUT2D eigenvalue weighted by Gasteiger charge is -2.31. The van der Waals surface area contributed by atoms with E-state index in [0.717, 1.165) is 59.1 Å². The quantitative estimate of drug-likeness (QED) is 0.515. The van der Waals surface area contributed by atoms with Gasteiger partial charge in [0.1, 0.15) is 0 Å². The number of hydrogen-bond acceptors (Lipinski definition) is 2. The van der Waals surface area contributed by atoms with Crippen LogP contribution in [0.4, 0.5) is 0 Å². The first-order valence-electron chi connectivity index (χ1n) is 7.80. The van der Waals surface area contributed by atoms with Crippen molar-refractivity contribution in [1.82, 2.24) is 9.47 Å². The highest BCUT2D eigenvalue weighted by Gasteiger charge is 2.19. The normalized spacial score (nSPS) is 12.0. The summed E-state index contributed by atoms with van der Waals surface area (Å²) in [5, 5.41) is 0. The maximum absolute atomic E-state index is 11.4. The molecule has 0 aliphatic carbocycles. The minimum absolute atomic E-state index is 0.203. The molecular formula is C18H29BrN2O. The lowest BCUT2D eigenvalue weighted by molar-refractivity contribution is 0.111. The van der Waals surface area contributed by atoms with Gasteiger partial charge in [-0.05, 0) is 87.6 Å². The Labute approximate surface area is 143 Å². The van der Waals surface area contributed by atoms with E-state index in [2.05, 4.69) is 55.2 Å². The molecule has 124 valence electrons. The summed E-state index contributed by atoms with van der Waals surface area (Å²) in [5.74, 6) is 0. The minimum Gasteiger partial charge on any atom is -0.341 e. The average molecular weight is 369 g/mol. The summed E-state index contributed by atoms with van der Waals surface area (Å²) in [6.07, 6.45) is 4.05. The van der Waals surface area contributed by atoms with Crippen LogP contribution in [0.5, 0.6) is 0 Å². The number of carbonyl (C=O) groups excluding carboxylic acids is 1. The second-order valence-electron chi connectivity index (χ2n) is 7.03. The molecule has 0 saturated carbocycles. The molecule has 0 aromatic carbocycles. The van der Waals surface area contributed by atoms with Crippen molar-refractivity contribution in [2.45, 2.75) is 52.5 Å². The Kier molecular flexibility index (Phi) is 6.63. The monoisotopic (exact) mass is 368 g/mol. The number of unbranched alkanes of at least 4 members (excludes halogenated alkanes) is 1. The van der Waals surface area contributed by atoms with Gasteiger partial charge < -0.3 is 9.47 Å². The van der Waals surface area contributed by atoms with Crippen molar-refractivity contribution in [1.29, 1.82) is 0 Å². The van der Waals surface area contributed by atoms with Gasteiger partial charge in [0.15, 0.2) is 6.29 Å². The summed E-state index contributed by atoms with van der Waals surface area (Å²) in [4.78, 5) is 13.8. The topological polar surface area (TPSA) is 25.2 Å².